The van der Waals surface area contributed by atoms with Crippen LogP contribution >= 0.6 is 0 Å². The second-order valence-electron chi connectivity index (χ2n) is 7.14. The molecule has 6 heteroatoms. The third-order valence-electron chi connectivity index (χ3n) is 5.25. The third kappa shape index (κ3) is 4.66. The molecule has 0 spiro atoms. The maximum atomic E-state index is 12.5. The zero-order valence-electron chi connectivity index (χ0n) is 16.5. The summed E-state index contributed by atoms with van der Waals surface area (Å²) < 4.78 is 12.7. The normalized spacial score (nSPS) is 14.7. The monoisotopic (exact) mass is 391 g/mol. The fourth-order valence-electron chi connectivity index (χ4n) is 3.53. The van der Waals surface area contributed by atoms with Gasteiger partial charge in [-0.05, 0) is 36.6 Å². The molecule has 150 valence electrons. The molecule has 0 amide bonds. The van der Waals surface area contributed by atoms with Gasteiger partial charge in [-0.2, -0.15) is 0 Å². The summed E-state index contributed by atoms with van der Waals surface area (Å²) in [6, 6.07) is 17.1. The summed E-state index contributed by atoms with van der Waals surface area (Å²) >= 11 is 0. The molecular formula is C23H25N3O3. The highest BCUT2D eigenvalue weighted by Gasteiger charge is 2.19. The van der Waals surface area contributed by atoms with Gasteiger partial charge < -0.3 is 14.4 Å². The van der Waals surface area contributed by atoms with Gasteiger partial charge in [-0.1, -0.05) is 30.3 Å². The van der Waals surface area contributed by atoms with Crippen LogP contribution in [-0.4, -0.2) is 35.9 Å². The van der Waals surface area contributed by atoms with Crippen molar-refractivity contribution in [1.29, 1.82) is 0 Å². The Morgan fingerprint density at radius 1 is 1.07 bits per heavy atom. The number of benzene rings is 1. The fourth-order valence-corrected chi connectivity index (χ4v) is 3.53. The predicted octanol–water partition coefficient (Wildman–Crippen LogP) is 3.43. The van der Waals surface area contributed by atoms with Crippen LogP contribution in [0.1, 0.15) is 18.4 Å². The highest BCUT2D eigenvalue weighted by molar-refractivity contribution is 5.44. The lowest BCUT2D eigenvalue weighted by molar-refractivity contribution is 0.0818. The average Bonchev–Trinajstić information content (AvgIpc) is 2.79. The molecule has 0 unspecified atom stereocenters. The van der Waals surface area contributed by atoms with Crippen molar-refractivity contribution in [3.05, 3.63) is 82.9 Å². The minimum absolute atomic E-state index is 0.147. The van der Waals surface area contributed by atoms with Gasteiger partial charge in [-0.3, -0.25) is 9.36 Å². The first-order valence-corrected chi connectivity index (χ1v) is 9.86. The van der Waals surface area contributed by atoms with Crippen molar-refractivity contribution < 1.29 is 9.47 Å². The highest BCUT2D eigenvalue weighted by Crippen LogP contribution is 2.20. The number of aromatic nitrogens is 2. The zero-order valence-corrected chi connectivity index (χ0v) is 16.5. The molecule has 1 aliphatic rings. The second-order valence-corrected chi connectivity index (χ2v) is 7.14. The Bertz CT molecular complexity index is 978. The zero-order chi connectivity index (χ0) is 20.1. The van der Waals surface area contributed by atoms with Gasteiger partial charge in [0.05, 0.1) is 18.0 Å². The molecule has 1 aromatic carbocycles. The van der Waals surface area contributed by atoms with Gasteiger partial charge in [-0.15, -0.1) is 0 Å². The van der Waals surface area contributed by atoms with Crippen molar-refractivity contribution >= 4 is 5.82 Å². The van der Waals surface area contributed by atoms with Crippen molar-refractivity contribution in [2.75, 3.05) is 25.1 Å². The van der Waals surface area contributed by atoms with Gasteiger partial charge in [0.25, 0.3) is 5.56 Å². The van der Waals surface area contributed by atoms with Crippen molar-refractivity contribution in [1.82, 2.24) is 9.55 Å². The molecular weight excluding hydrogens is 366 g/mol. The molecule has 1 saturated heterocycles. The number of hydrogen-bond donors (Lipinski definition) is 0. The lowest BCUT2D eigenvalue weighted by Crippen LogP contribution is -2.37. The van der Waals surface area contributed by atoms with E-state index in [0.717, 1.165) is 43.0 Å². The molecule has 0 atom stereocenters. The SMILES string of the molecule is COC1CCN(c2ccc(-n3ccc(OCc4ccccc4)cc3=O)cn2)CC1. The van der Waals surface area contributed by atoms with Crippen LogP contribution in [0, 0.1) is 0 Å². The fraction of sp³-hybridized carbons (Fsp3) is 0.304. The molecule has 1 fully saturated rings. The largest absolute Gasteiger partial charge is 0.489 e. The number of methoxy groups -OCH3 is 1. The predicted molar refractivity (Wildman–Crippen MR) is 113 cm³/mol. The van der Waals surface area contributed by atoms with E-state index in [9.17, 15) is 4.79 Å². The van der Waals surface area contributed by atoms with E-state index < -0.39 is 0 Å². The maximum Gasteiger partial charge on any atom is 0.258 e. The summed E-state index contributed by atoms with van der Waals surface area (Å²) in [4.78, 5) is 19.4. The molecule has 0 radical (unpaired) electrons. The standard InChI is InChI=1S/C23H25N3O3/c1-28-20-9-12-25(13-10-20)22-8-7-19(16-24-22)26-14-11-21(15-23(26)27)29-17-18-5-3-2-4-6-18/h2-8,11,14-16,20H,9-10,12-13,17H2,1H3. The van der Waals surface area contributed by atoms with Crippen molar-refractivity contribution in [3.63, 3.8) is 0 Å². The van der Waals surface area contributed by atoms with Crippen LogP contribution in [0.5, 0.6) is 5.75 Å². The Hall–Kier alpha value is -3.12. The Morgan fingerprint density at radius 3 is 2.52 bits per heavy atom. The molecule has 0 saturated carbocycles. The summed E-state index contributed by atoms with van der Waals surface area (Å²) in [6.45, 7) is 2.29. The summed E-state index contributed by atoms with van der Waals surface area (Å²) in [7, 11) is 1.77. The minimum Gasteiger partial charge on any atom is -0.489 e. The van der Waals surface area contributed by atoms with Crippen molar-refractivity contribution in [2.45, 2.75) is 25.6 Å². The van der Waals surface area contributed by atoms with E-state index in [0.29, 0.717) is 18.5 Å². The molecule has 4 rings (SSSR count). The average molecular weight is 391 g/mol. The Morgan fingerprint density at radius 2 is 1.86 bits per heavy atom. The van der Waals surface area contributed by atoms with E-state index >= 15 is 0 Å². The van der Waals surface area contributed by atoms with Gasteiger partial charge >= 0.3 is 0 Å². The van der Waals surface area contributed by atoms with E-state index in [1.165, 1.54) is 6.07 Å². The number of piperidine rings is 1. The van der Waals surface area contributed by atoms with Crippen molar-refractivity contribution in [3.8, 4) is 11.4 Å². The summed E-state index contributed by atoms with van der Waals surface area (Å²) in [5, 5.41) is 0. The van der Waals surface area contributed by atoms with Crippen LogP contribution in [0.15, 0.2) is 71.8 Å². The molecule has 3 aromatic rings. The first-order valence-electron chi connectivity index (χ1n) is 9.86. The first-order chi connectivity index (χ1) is 14.2. The number of hydrogen-bond acceptors (Lipinski definition) is 5. The number of pyridine rings is 2. The van der Waals surface area contributed by atoms with E-state index in [1.54, 1.807) is 30.1 Å². The highest BCUT2D eigenvalue weighted by atomic mass is 16.5. The summed E-state index contributed by atoms with van der Waals surface area (Å²) in [5.41, 5.74) is 1.65. The summed E-state index contributed by atoms with van der Waals surface area (Å²) in [5.74, 6) is 1.49. The minimum atomic E-state index is -0.147. The molecule has 2 aromatic heterocycles. The molecule has 0 bridgehead atoms. The number of ether oxygens (including phenoxy) is 2. The van der Waals surface area contributed by atoms with Gasteiger partial charge in [0.2, 0.25) is 0 Å². The topological polar surface area (TPSA) is 56.6 Å². The van der Waals surface area contributed by atoms with Gasteiger partial charge in [-0.25, -0.2) is 4.98 Å². The van der Waals surface area contributed by atoms with Crippen LogP contribution in [0.3, 0.4) is 0 Å². The van der Waals surface area contributed by atoms with Crippen molar-refractivity contribution in [2.24, 2.45) is 0 Å². The molecule has 6 nitrogen and oxygen atoms in total. The van der Waals surface area contributed by atoms with E-state index in [2.05, 4.69) is 9.88 Å². The number of anilines is 1. The Labute approximate surface area is 170 Å². The molecule has 0 N–H and O–H groups in total. The molecule has 1 aliphatic heterocycles. The second kappa shape index (κ2) is 8.92. The van der Waals surface area contributed by atoms with Crippen LogP contribution in [-0.2, 0) is 11.3 Å². The first kappa shape index (κ1) is 19.2. The number of nitrogens with zero attached hydrogens (tertiary/aromatic N) is 3. The lowest BCUT2D eigenvalue weighted by atomic mass is 10.1. The van der Waals surface area contributed by atoms with Crippen LogP contribution < -0.4 is 15.2 Å². The van der Waals surface area contributed by atoms with Crippen LogP contribution in [0.25, 0.3) is 5.69 Å². The van der Waals surface area contributed by atoms with E-state index in [-0.39, 0.29) is 5.56 Å². The van der Waals surface area contributed by atoms with Gasteiger partial charge in [0.1, 0.15) is 18.2 Å². The van der Waals surface area contributed by atoms with Crippen LogP contribution in [0.4, 0.5) is 5.82 Å². The molecule has 0 aliphatic carbocycles. The van der Waals surface area contributed by atoms with Gasteiger partial charge in [0, 0.05) is 32.5 Å². The maximum absolute atomic E-state index is 12.5. The molecule has 3 heterocycles. The lowest BCUT2D eigenvalue weighted by Gasteiger charge is -2.32. The van der Waals surface area contributed by atoms with E-state index in [4.69, 9.17) is 9.47 Å². The van der Waals surface area contributed by atoms with Crippen LogP contribution in [0.2, 0.25) is 0 Å². The third-order valence-corrected chi connectivity index (χ3v) is 5.25. The number of rotatable bonds is 6. The smallest absolute Gasteiger partial charge is 0.258 e. The molecule has 29 heavy (non-hydrogen) atoms. The Kier molecular flexibility index (Phi) is 5.91. The quantitative estimate of drug-likeness (QED) is 0.644. The Balaban J connectivity index is 1.42. The van der Waals surface area contributed by atoms with E-state index in [1.807, 2.05) is 42.5 Å². The summed E-state index contributed by atoms with van der Waals surface area (Å²) in [6.07, 6.45) is 5.81. The van der Waals surface area contributed by atoms with Gasteiger partial charge in [0.15, 0.2) is 0 Å².